The normalized spacial score (nSPS) is 17.5. The number of nitrogens with zero attached hydrogens (tertiary/aromatic N) is 1. The molecule has 2 N–H and O–H groups in total. The van der Waals surface area contributed by atoms with Crippen LogP contribution in [0.2, 0.25) is 0 Å². The summed E-state index contributed by atoms with van der Waals surface area (Å²) in [5.41, 5.74) is 0.353. The highest BCUT2D eigenvalue weighted by Crippen LogP contribution is 2.27. The van der Waals surface area contributed by atoms with Gasteiger partial charge in [0.25, 0.3) is 5.91 Å². The van der Waals surface area contributed by atoms with Crippen LogP contribution in [0.25, 0.3) is 11.1 Å². The Morgan fingerprint density at radius 3 is 2.82 bits per heavy atom. The molecule has 0 saturated heterocycles. The van der Waals surface area contributed by atoms with Gasteiger partial charge in [-0.15, -0.1) is 0 Å². The van der Waals surface area contributed by atoms with Crippen LogP contribution in [0.5, 0.6) is 0 Å². The van der Waals surface area contributed by atoms with E-state index in [1.54, 1.807) is 25.2 Å². The van der Waals surface area contributed by atoms with Gasteiger partial charge < -0.3 is 14.8 Å². The third kappa shape index (κ3) is 2.66. The largest absolute Gasteiger partial charge is 0.419 e. The second-order valence-electron chi connectivity index (χ2n) is 6.05. The SMILES string of the molecule is Cn1c(=O)oc2c(C(=O)NCC3(O)CCCCC3)cccc21. The molecule has 0 unspecified atom stereocenters. The summed E-state index contributed by atoms with van der Waals surface area (Å²) in [7, 11) is 1.60. The van der Waals surface area contributed by atoms with Crippen molar-refractivity contribution >= 4 is 17.0 Å². The molecule has 1 fully saturated rings. The third-order valence-electron chi connectivity index (χ3n) is 4.43. The zero-order valence-corrected chi connectivity index (χ0v) is 12.6. The molecule has 1 aliphatic carbocycles. The average molecular weight is 304 g/mol. The molecular formula is C16H20N2O4. The molecule has 0 radical (unpaired) electrons. The second-order valence-corrected chi connectivity index (χ2v) is 6.05. The van der Waals surface area contributed by atoms with Crippen LogP contribution in [0.15, 0.2) is 27.4 Å². The van der Waals surface area contributed by atoms with Crippen LogP contribution >= 0.6 is 0 Å². The molecule has 0 spiro atoms. The number of amides is 1. The fraction of sp³-hybridized carbons (Fsp3) is 0.500. The minimum absolute atomic E-state index is 0.222. The van der Waals surface area contributed by atoms with Crippen molar-refractivity contribution in [3.05, 3.63) is 34.3 Å². The summed E-state index contributed by atoms with van der Waals surface area (Å²) in [5, 5.41) is 13.2. The first-order chi connectivity index (χ1) is 10.5. The number of aromatic nitrogens is 1. The van der Waals surface area contributed by atoms with Gasteiger partial charge in [0.15, 0.2) is 5.58 Å². The number of nitrogens with one attached hydrogen (secondary N) is 1. The molecule has 2 aromatic rings. The van der Waals surface area contributed by atoms with Gasteiger partial charge in [-0.3, -0.25) is 9.36 Å². The summed E-state index contributed by atoms with van der Waals surface area (Å²) in [6.07, 6.45) is 4.51. The number of carbonyl (C=O) groups is 1. The minimum Gasteiger partial charge on any atom is -0.407 e. The lowest BCUT2D eigenvalue weighted by Crippen LogP contribution is -2.44. The van der Waals surface area contributed by atoms with Crippen LogP contribution in [0.1, 0.15) is 42.5 Å². The lowest BCUT2D eigenvalue weighted by atomic mass is 9.85. The number of aryl methyl sites for hydroxylation is 1. The monoisotopic (exact) mass is 304 g/mol. The van der Waals surface area contributed by atoms with Crippen molar-refractivity contribution < 1.29 is 14.3 Å². The fourth-order valence-electron chi connectivity index (χ4n) is 3.06. The minimum atomic E-state index is -0.820. The average Bonchev–Trinajstić information content (AvgIpc) is 2.81. The molecule has 1 aromatic carbocycles. The van der Waals surface area contributed by atoms with Gasteiger partial charge in [0.05, 0.1) is 16.7 Å². The van der Waals surface area contributed by atoms with Gasteiger partial charge in [0, 0.05) is 13.6 Å². The first kappa shape index (κ1) is 14.8. The Morgan fingerprint density at radius 1 is 1.36 bits per heavy atom. The lowest BCUT2D eigenvalue weighted by molar-refractivity contribution is 0.00526. The highest BCUT2D eigenvalue weighted by molar-refractivity contribution is 6.04. The van der Waals surface area contributed by atoms with Gasteiger partial charge in [-0.25, -0.2) is 4.79 Å². The fourth-order valence-corrected chi connectivity index (χ4v) is 3.06. The van der Waals surface area contributed by atoms with Gasteiger partial charge in [-0.05, 0) is 25.0 Å². The number of para-hydroxylation sites is 1. The van der Waals surface area contributed by atoms with E-state index in [2.05, 4.69) is 5.32 Å². The summed E-state index contributed by atoms with van der Waals surface area (Å²) < 4.78 is 6.51. The van der Waals surface area contributed by atoms with Crippen LogP contribution in [0.4, 0.5) is 0 Å². The van der Waals surface area contributed by atoms with E-state index in [0.29, 0.717) is 23.9 Å². The van der Waals surface area contributed by atoms with Gasteiger partial charge in [-0.1, -0.05) is 25.3 Å². The number of benzene rings is 1. The highest BCUT2D eigenvalue weighted by atomic mass is 16.4. The molecule has 1 saturated carbocycles. The van der Waals surface area contributed by atoms with Crippen molar-refractivity contribution in [1.82, 2.24) is 9.88 Å². The quantitative estimate of drug-likeness (QED) is 0.901. The van der Waals surface area contributed by atoms with Gasteiger partial charge in [0.1, 0.15) is 0 Å². The number of carbonyl (C=O) groups excluding carboxylic acids is 1. The molecule has 0 bridgehead atoms. The second kappa shape index (κ2) is 5.61. The Morgan fingerprint density at radius 2 is 2.09 bits per heavy atom. The topological polar surface area (TPSA) is 84.5 Å². The molecule has 22 heavy (non-hydrogen) atoms. The maximum absolute atomic E-state index is 12.4. The Kier molecular flexibility index (Phi) is 3.78. The number of aliphatic hydroxyl groups is 1. The van der Waals surface area contributed by atoms with E-state index in [0.717, 1.165) is 19.3 Å². The predicted molar refractivity (Wildman–Crippen MR) is 81.8 cm³/mol. The zero-order chi connectivity index (χ0) is 15.7. The number of hydrogen-bond acceptors (Lipinski definition) is 4. The van der Waals surface area contributed by atoms with Crippen molar-refractivity contribution in [2.75, 3.05) is 6.54 Å². The van der Waals surface area contributed by atoms with Crippen molar-refractivity contribution in [1.29, 1.82) is 0 Å². The first-order valence-corrected chi connectivity index (χ1v) is 7.59. The number of oxazole rings is 1. The number of fused-ring (bicyclic) bond motifs is 1. The molecule has 1 aromatic heterocycles. The number of hydrogen-bond donors (Lipinski definition) is 2. The van der Waals surface area contributed by atoms with E-state index < -0.39 is 11.4 Å². The zero-order valence-electron chi connectivity index (χ0n) is 12.6. The van der Waals surface area contributed by atoms with Crippen LogP contribution < -0.4 is 11.1 Å². The highest BCUT2D eigenvalue weighted by Gasteiger charge is 2.30. The molecule has 118 valence electrons. The summed E-state index contributed by atoms with van der Waals surface area (Å²) in [6.45, 7) is 0.222. The molecule has 1 heterocycles. The third-order valence-corrected chi connectivity index (χ3v) is 4.43. The molecule has 6 heteroatoms. The maximum Gasteiger partial charge on any atom is 0.419 e. The van der Waals surface area contributed by atoms with Crippen molar-refractivity contribution in [2.45, 2.75) is 37.7 Å². The van der Waals surface area contributed by atoms with E-state index >= 15 is 0 Å². The smallest absolute Gasteiger partial charge is 0.407 e. The maximum atomic E-state index is 12.4. The summed E-state index contributed by atoms with van der Waals surface area (Å²) in [5.74, 6) is -0.833. The van der Waals surface area contributed by atoms with Gasteiger partial charge >= 0.3 is 5.76 Å². The van der Waals surface area contributed by atoms with Crippen molar-refractivity contribution in [3.8, 4) is 0 Å². The standard InChI is InChI=1S/C16H20N2O4/c1-18-12-7-5-6-11(13(12)22-15(18)20)14(19)17-10-16(21)8-3-2-4-9-16/h5-7,21H,2-4,8-10H2,1H3,(H,17,19). The van der Waals surface area contributed by atoms with Crippen molar-refractivity contribution in [2.24, 2.45) is 7.05 Å². The first-order valence-electron chi connectivity index (χ1n) is 7.59. The molecule has 1 aliphatic rings. The van der Waals surface area contributed by atoms with Crippen LogP contribution in [-0.2, 0) is 7.05 Å². The van der Waals surface area contributed by atoms with E-state index in [9.17, 15) is 14.7 Å². The van der Waals surface area contributed by atoms with Crippen LogP contribution in [-0.4, -0.2) is 27.7 Å². The van der Waals surface area contributed by atoms with E-state index in [-0.39, 0.29) is 18.0 Å². The predicted octanol–water partition coefficient (Wildman–Crippen LogP) is 1.56. The van der Waals surface area contributed by atoms with Crippen LogP contribution in [0.3, 0.4) is 0 Å². The molecule has 0 atom stereocenters. The Labute approximate surface area is 127 Å². The molecule has 0 aliphatic heterocycles. The molecule has 6 nitrogen and oxygen atoms in total. The molecular weight excluding hydrogens is 284 g/mol. The summed E-state index contributed by atoms with van der Waals surface area (Å²) >= 11 is 0. The van der Waals surface area contributed by atoms with Gasteiger partial charge in [-0.2, -0.15) is 0 Å². The summed E-state index contributed by atoms with van der Waals surface area (Å²) in [4.78, 5) is 24.0. The Bertz CT molecular complexity index is 753. The number of rotatable bonds is 3. The Hall–Kier alpha value is -2.08. The molecule has 1 amide bonds. The van der Waals surface area contributed by atoms with E-state index in [1.807, 2.05) is 0 Å². The molecule has 3 rings (SSSR count). The van der Waals surface area contributed by atoms with Crippen molar-refractivity contribution in [3.63, 3.8) is 0 Å². The summed E-state index contributed by atoms with van der Waals surface area (Å²) in [6, 6.07) is 5.05. The van der Waals surface area contributed by atoms with E-state index in [4.69, 9.17) is 4.42 Å². The van der Waals surface area contributed by atoms with Crippen LogP contribution in [0, 0.1) is 0 Å². The Balaban J connectivity index is 1.81. The van der Waals surface area contributed by atoms with Gasteiger partial charge in [0.2, 0.25) is 0 Å². The lowest BCUT2D eigenvalue weighted by Gasteiger charge is -2.32. The van der Waals surface area contributed by atoms with E-state index in [1.165, 1.54) is 4.57 Å².